The molecule has 1 unspecified atom stereocenters. The molecule has 3 heteroatoms. The minimum atomic E-state index is 0.608. The van der Waals surface area contributed by atoms with Crippen LogP contribution in [0.1, 0.15) is 26.7 Å². The Labute approximate surface area is 111 Å². The van der Waals surface area contributed by atoms with Crippen LogP contribution < -0.4 is 16.4 Å². The third-order valence-corrected chi connectivity index (χ3v) is 3.25. The van der Waals surface area contributed by atoms with Gasteiger partial charge in [0.05, 0.1) is 17.9 Å². The summed E-state index contributed by atoms with van der Waals surface area (Å²) < 4.78 is 0. The van der Waals surface area contributed by atoms with Crippen molar-refractivity contribution in [2.45, 2.75) is 26.7 Å². The predicted molar refractivity (Wildman–Crippen MR) is 78.7 cm³/mol. The molecule has 0 aromatic heterocycles. The van der Waals surface area contributed by atoms with E-state index < -0.39 is 0 Å². The lowest BCUT2D eigenvalue weighted by molar-refractivity contribution is 0.635. The first kappa shape index (κ1) is 14.4. The van der Waals surface area contributed by atoms with E-state index >= 15 is 0 Å². The van der Waals surface area contributed by atoms with E-state index in [1.165, 1.54) is 0 Å². The Morgan fingerprint density at radius 2 is 2.28 bits per heavy atom. The molecular weight excluding hydrogens is 222 g/mol. The van der Waals surface area contributed by atoms with Gasteiger partial charge in [-0.05, 0) is 37.8 Å². The van der Waals surface area contributed by atoms with Crippen molar-refractivity contribution in [3.63, 3.8) is 0 Å². The van der Waals surface area contributed by atoms with Gasteiger partial charge in [-0.15, -0.1) is 0 Å². The normalized spacial score (nSPS) is 22.4. The predicted octanol–water partition coefficient (Wildman–Crippen LogP) is 2.41. The molecule has 0 saturated carbocycles. The number of likely N-dealkylation sites (N-methyl/N-ethyl adjacent to an activating group) is 1. The van der Waals surface area contributed by atoms with Crippen LogP contribution >= 0.6 is 0 Å². The Morgan fingerprint density at radius 1 is 1.50 bits per heavy atom. The zero-order valence-electron chi connectivity index (χ0n) is 11.7. The fourth-order valence-corrected chi connectivity index (χ4v) is 1.86. The lowest BCUT2D eigenvalue weighted by atomic mass is 9.99. The van der Waals surface area contributed by atoms with Crippen molar-refractivity contribution in [2.75, 3.05) is 13.6 Å². The number of hydrogen-bond donors (Lipinski definition) is 3. The first-order valence-electron chi connectivity index (χ1n) is 6.62. The van der Waals surface area contributed by atoms with Crippen molar-refractivity contribution in [1.29, 1.82) is 0 Å². The molecule has 1 aliphatic carbocycles. The topological polar surface area (TPSA) is 50.1 Å². The molecule has 100 valence electrons. The van der Waals surface area contributed by atoms with E-state index in [9.17, 15) is 0 Å². The van der Waals surface area contributed by atoms with Crippen molar-refractivity contribution >= 4 is 0 Å². The van der Waals surface area contributed by atoms with Crippen LogP contribution in [0.25, 0.3) is 0 Å². The molecule has 0 amide bonds. The number of nitrogens with two attached hydrogens (primary N) is 1. The second kappa shape index (κ2) is 7.64. The minimum absolute atomic E-state index is 0.608. The molecule has 0 spiro atoms. The summed E-state index contributed by atoms with van der Waals surface area (Å²) in [7, 11) is 1.93. The molecule has 0 saturated heterocycles. The van der Waals surface area contributed by atoms with Crippen molar-refractivity contribution in [3.05, 3.63) is 47.5 Å². The van der Waals surface area contributed by atoms with Crippen LogP contribution in [0.5, 0.6) is 0 Å². The van der Waals surface area contributed by atoms with Gasteiger partial charge in [-0.25, -0.2) is 0 Å². The van der Waals surface area contributed by atoms with Crippen LogP contribution in [0, 0.1) is 5.92 Å². The van der Waals surface area contributed by atoms with E-state index in [0.29, 0.717) is 5.92 Å². The summed E-state index contributed by atoms with van der Waals surface area (Å²) in [6.07, 6.45) is 12.8. The van der Waals surface area contributed by atoms with E-state index in [0.717, 1.165) is 36.5 Å². The summed E-state index contributed by atoms with van der Waals surface area (Å²) in [5, 5.41) is 6.52. The van der Waals surface area contributed by atoms with Crippen LogP contribution in [0.2, 0.25) is 0 Å². The van der Waals surface area contributed by atoms with Gasteiger partial charge in [0.2, 0.25) is 0 Å². The summed E-state index contributed by atoms with van der Waals surface area (Å²) in [4.78, 5) is 0. The van der Waals surface area contributed by atoms with Gasteiger partial charge in [0.25, 0.3) is 0 Å². The maximum atomic E-state index is 6.04. The zero-order chi connectivity index (χ0) is 13.4. The summed E-state index contributed by atoms with van der Waals surface area (Å²) in [5.41, 5.74) is 9.00. The first-order valence-corrected chi connectivity index (χ1v) is 6.62. The highest BCUT2D eigenvalue weighted by Gasteiger charge is 2.05. The Bertz CT molecular complexity index is 375. The number of hydrogen-bond acceptors (Lipinski definition) is 3. The second-order valence-electron chi connectivity index (χ2n) is 4.45. The Hall–Kier alpha value is -1.64. The highest BCUT2D eigenvalue weighted by Crippen LogP contribution is 2.15. The molecule has 0 aromatic carbocycles. The Morgan fingerprint density at radius 3 is 2.89 bits per heavy atom. The molecule has 18 heavy (non-hydrogen) atoms. The number of rotatable bonds is 5. The number of allylic oxidation sites excluding steroid dienone is 5. The standard InChI is InChI=1S/C15H25N3/c1-4-12-7-6-8-14(16)15(10-9-12)18-11-13(5-2)17-3/h5-6,8-10,12,17-18H,4,7,11,16H2,1-3H3/b8-6-,10-9?,13-5-,15-14?. The lowest BCUT2D eigenvalue weighted by Gasteiger charge is -2.15. The van der Waals surface area contributed by atoms with Gasteiger partial charge in [-0.2, -0.15) is 0 Å². The average Bonchev–Trinajstić information content (AvgIpc) is 2.38. The van der Waals surface area contributed by atoms with Crippen molar-refractivity contribution in [3.8, 4) is 0 Å². The molecule has 0 radical (unpaired) electrons. The Kier molecular flexibility index (Phi) is 6.12. The van der Waals surface area contributed by atoms with Gasteiger partial charge in [-0.3, -0.25) is 0 Å². The van der Waals surface area contributed by atoms with E-state index in [1.54, 1.807) is 0 Å². The van der Waals surface area contributed by atoms with Gasteiger partial charge in [-0.1, -0.05) is 25.2 Å². The van der Waals surface area contributed by atoms with E-state index in [4.69, 9.17) is 5.73 Å². The van der Waals surface area contributed by atoms with Crippen LogP contribution in [0.15, 0.2) is 47.5 Å². The highest BCUT2D eigenvalue weighted by molar-refractivity contribution is 5.32. The highest BCUT2D eigenvalue weighted by atomic mass is 15.0. The number of nitrogens with one attached hydrogen (secondary N) is 2. The monoisotopic (exact) mass is 247 g/mol. The summed E-state index contributed by atoms with van der Waals surface area (Å²) in [6, 6.07) is 0. The van der Waals surface area contributed by atoms with Crippen LogP contribution in [0.4, 0.5) is 0 Å². The fourth-order valence-electron chi connectivity index (χ4n) is 1.86. The smallest absolute Gasteiger partial charge is 0.0573 e. The van der Waals surface area contributed by atoms with E-state index in [1.807, 2.05) is 20.0 Å². The molecule has 1 atom stereocenters. The molecule has 0 heterocycles. The average molecular weight is 247 g/mol. The van der Waals surface area contributed by atoms with Crippen molar-refractivity contribution < 1.29 is 0 Å². The fraction of sp³-hybridized carbons (Fsp3) is 0.467. The first-order chi connectivity index (χ1) is 8.71. The minimum Gasteiger partial charge on any atom is -0.397 e. The SMILES string of the molecule is C/C=C(/CNC1=C(N)/C=C\CC(CC)C=C1)NC. The quantitative estimate of drug-likeness (QED) is 0.699. The largest absolute Gasteiger partial charge is 0.397 e. The van der Waals surface area contributed by atoms with Gasteiger partial charge in [0.1, 0.15) is 0 Å². The van der Waals surface area contributed by atoms with Crippen molar-refractivity contribution in [1.82, 2.24) is 10.6 Å². The van der Waals surface area contributed by atoms with E-state index in [2.05, 4.69) is 41.9 Å². The molecule has 1 rings (SSSR count). The zero-order valence-corrected chi connectivity index (χ0v) is 11.7. The molecule has 0 fully saturated rings. The molecule has 3 nitrogen and oxygen atoms in total. The van der Waals surface area contributed by atoms with E-state index in [-0.39, 0.29) is 0 Å². The lowest BCUT2D eigenvalue weighted by Crippen LogP contribution is -2.24. The van der Waals surface area contributed by atoms with Gasteiger partial charge < -0.3 is 16.4 Å². The Balaban J connectivity index is 2.74. The van der Waals surface area contributed by atoms with Crippen LogP contribution in [-0.4, -0.2) is 13.6 Å². The third-order valence-electron chi connectivity index (χ3n) is 3.25. The van der Waals surface area contributed by atoms with Gasteiger partial charge in [0, 0.05) is 12.7 Å². The maximum absolute atomic E-state index is 6.04. The third kappa shape index (κ3) is 4.32. The van der Waals surface area contributed by atoms with Crippen LogP contribution in [0.3, 0.4) is 0 Å². The van der Waals surface area contributed by atoms with Gasteiger partial charge in [0.15, 0.2) is 0 Å². The molecule has 0 aliphatic heterocycles. The summed E-state index contributed by atoms with van der Waals surface area (Å²) in [6.45, 7) is 4.99. The molecular formula is C15H25N3. The summed E-state index contributed by atoms with van der Waals surface area (Å²) >= 11 is 0. The van der Waals surface area contributed by atoms with Crippen LogP contribution in [-0.2, 0) is 0 Å². The molecule has 4 N–H and O–H groups in total. The molecule has 0 bridgehead atoms. The van der Waals surface area contributed by atoms with Gasteiger partial charge >= 0.3 is 0 Å². The summed E-state index contributed by atoms with van der Waals surface area (Å²) in [5.74, 6) is 0.608. The van der Waals surface area contributed by atoms with Crippen molar-refractivity contribution in [2.24, 2.45) is 11.7 Å². The second-order valence-corrected chi connectivity index (χ2v) is 4.45. The maximum Gasteiger partial charge on any atom is 0.0573 e. The molecule has 1 aliphatic rings. The molecule has 0 aromatic rings.